The molecular weight excluding hydrogens is 206 g/mol. The van der Waals surface area contributed by atoms with Gasteiger partial charge in [0.25, 0.3) is 5.91 Å². The Labute approximate surface area is 91.9 Å². The van der Waals surface area contributed by atoms with E-state index in [9.17, 15) is 4.79 Å². The van der Waals surface area contributed by atoms with Gasteiger partial charge in [0.2, 0.25) is 0 Å². The summed E-state index contributed by atoms with van der Waals surface area (Å²) >= 11 is 0. The lowest BCUT2D eigenvalue weighted by Crippen LogP contribution is -2.16. The molecule has 82 valence electrons. The van der Waals surface area contributed by atoms with Crippen LogP contribution >= 0.6 is 0 Å². The van der Waals surface area contributed by atoms with E-state index < -0.39 is 5.91 Å². The van der Waals surface area contributed by atoms with Crippen molar-refractivity contribution in [3.8, 4) is 11.4 Å². The summed E-state index contributed by atoms with van der Waals surface area (Å²) in [5, 5.41) is 7.62. The van der Waals surface area contributed by atoms with Crippen LogP contribution in [0.25, 0.3) is 11.4 Å². The van der Waals surface area contributed by atoms with Gasteiger partial charge >= 0.3 is 0 Å². The van der Waals surface area contributed by atoms with Crippen LogP contribution in [0.15, 0.2) is 18.6 Å². The molecule has 0 atom stereocenters. The second kappa shape index (κ2) is 4.09. The first-order valence-electron chi connectivity index (χ1n) is 4.88. The van der Waals surface area contributed by atoms with Crippen molar-refractivity contribution in [1.82, 2.24) is 20.2 Å². The van der Waals surface area contributed by atoms with Crippen LogP contribution in [0.3, 0.4) is 0 Å². The molecule has 6 heteroatoms. The first-order chi connectivity index (χ1) is 7.74. The van der Waals surface area contributed by atoms with E-state index in [1.165, 1.54) is 12.5 Å². The van der Waals surface area contributed by atoms with Gasteiger partial charge in [-0.05, 0) is 18.1 Å². The number of amides is 1. The molecule has 0 aromatic carbocycles. The molecule has 0 radical (unpaired) electrons. The van der Waals surface area contributed by atoms with E-state index in [2.05, 4.69) is 20.2 Å². The summed E-state index contributed by atoms with van der Waals surface area (Å²) in [7, 11) is 0. The van der Waals surface area contributed by atoms with Gasteiger partial charge in [-0.15, -0.1) is 10.2 Å². The zero-order valence-corrected chi connectivity index (χ0v) is 8.77. The number of H-pyrrole nitrogens is 1. The SMILES string of the molecule is CCc1c(-c2nnc[nH]2)ccnc1C(N)=O. The Balaban J connectivity index is 2.62. The average molecular weight is 217 g/mol. The summed E-state index contributed by atoms with van der Waals surface area (Å²) in [5.74, 6) is 0.0833. The van der Waals surface area contributed by atoms with Crippen molar-refractivity contribution in [2.45, 2.75) is 13.3 Å². The molecule has 2 rings (SSSR count). The van der Waals surface area contributed by atoms with Crippen LogP contribution in [-0.4, -0.2) is 26.1 Å². The highest BCUT2D eigenvalue weighted by atomic mass is 16.1. The maximum Gasteiger partial charge on any atom is 0.267 e. The normalized spacial score (nSPS) is 10.3. The first kappa shape index (κ1) is 10.3. The number of aromatic amines is 1. The molecule has 0 spiro atoms. The van der Waals surface area contributed by atoms with Crippen LogP contribution in [-0.2, 0) is 6.42 Å². The number of nitrogens with one attached hydrogen (secondary N) is 1. The van der Waals surface area contributed by atoms with E-state index in [1.54, 1.807) is 6.07 Å². The fraction of sp³-hybridized carbons (Fsp3) is 0.200. The number of aromatic nitrogens is 4. The molecule has 0 fully saturated rings. The third kappa shape index (κ3) is 1.65. The molecular formula is C10H11N5O. The number of nitrogens with zero attached hydrogens (tertiary/aromatic N) is 3. The topological polar surface area (TPSA) is 97.6 Å². The second-order valence-electron chi connectivity index (χ2n) is 3.24. The minimum absolute atomic E-state index is 0.288. The number of carbonyl (C=O) groups excluding carboxylic acids is 1. The standard InChI is InChI=1S/C10H11N5O/c1-2-6-7(10-13-5-14-15-10)3-4-12-8(6)9(11)16/h3-5H,2H2,1H3,(H2,11,16)(H,13,14,15). The summed E-state index contributed by atoms with van der Waals surface area (Å²) in [6, 6.07) is 1.78. The third-order valence-corrected chi connectivity index (χ3v) is 2.31. The Morgan fingerprint density at radius 3 is 2.94 bits per heavy atom. The molecule has 0 bridgehead atoms. The minimum atomic E-state index is -0.529. The Kier molecular flexibility index (Phi) is 2.63. The smallest absolute Gasteiger partial charge is 0.267 e. The summed E-state index contributed by atoms with van der Waals surface area (Å²) in [5.41, 5.74) is 7.15. The molecule has 2 aromatic heterocycles. The van der Waals surface area contributed by atoms with Crippen LogP contribution < -0.4 is 5.73 Å². The van der Waals surface area contributed by atoms with Crippen LogP contribution in [0, 0.1) is 0 Å². The monoisotopic (exact) mass is 217 g/mol. The van der Waals surface area contributed by atoms with Gasteiger partial charge in [0.15, 0.2) is 5.82 Å². The minimum Gasteiger partial charge on any atom is -0.364 e. The molecule has 3 N–H and O–H groups in total. The zero-order chi connectivity index (χ0) is 11.5. The second-order valence-corrected chi connectivity index (χ2v) is 3.24. The highest BCUT2D eigenvalue weighted by Gasteiger charge is 2.15. The van der Waals surface area contributed by atoms with Crippen molar-refractivity contribution in [3.63, 3.8) is 0 Å². The molecule has 0 aliphatic carbocycles. The van der Waals surface area contributed by atoms with E-state index in [0.717, 1.165) is 11.1 Å². The van der Waals surface area contributed by atoms with E-state index in [4.69, 9.17) is 5.73 Å². The molecule has 0 aliphatic rings. The molecule has 0 aliphatic heterocycles. The Morgan fingerprint density at radius 2 is 2.38 bits per heavy atom. The molecule has 0 saturated heterocycles. The van der Waals surface area contributed by atoms with Gasteiger partial charge in [0.1, 0.15) is 12.0 Å². The number of hydrogen-bond acceptors (Lipinski definition) is 4. The van der Waals surface area contributed by atoms with Gasteiger partial charge in [-0.2, -0.15) is 0 Å². The number of rotatable bonds is 3. The summed E-state index contributed by atoms with van der Waals surface area (Å²) < 4.78 is 0. The van der Waals surface area contributed by atoms with E-state index in [-0.39, 0.29) is 5.69 Å². The molecule has 2 aromatic rings. The number of nitrogens with two attached hydrogens (primary N) is 1. The molecule has 6 nitrogen and oxygen atoms in total. The highest BCUT2D eigenvalue weighted by molar-refractivity contribution is 5.94. The van der Waals surface area contributed by atoms with Crippen molar-refractivity contribution in [2.75, 3.05) is 0 Å². The van der Waals surface area contributed by atoms with Gasteiger partial charge in [0.05, 0.1) is 0 Å². The number of hydrogen-bond donors (Lipinski definition) is 2. The van der Waals surface area contributed by atoms with Crippen LogP contribution in [0.1, 0.15) is 23.0 Å². The van der Waals surface area contributed by atoms with E-state index in [1.807, 2.05) is 6.92 Å². The summed E-state index contributed by atoms with van der Waals surface area (Å²) in [4.78, 5) is 18.1. The van der Waals surface area contributed by atoms with Crippen molar-refractivity contribution >= 4 is 5.91 Å². The molecule has 16 heavy (non-hydrogen) atoms. The van der Waals surface area contributed by atoms with Gasteiger partial charge in [0, 0.05) is 11.8 Å². The fourth-order valence-corrected chi connectivity index (χ4v) is 1.62. The van der Waals surface area contributed by atoms with E-state index in [0.29, 0.717) is 12.2 Å². The fourth-order valence-electron chi connectivity index (χ4n) is 1.62. The van der Waals surface area contributed by atoms with Crippen LogP contribution in [0.4, 0.5) is 0 Å². The third-order valence-electron chi connectivity index (χ3n) is 2.31. The van der Waals surface area contributed by atoms with Gasteiger partial charge in [-0.25, -0.2) is 0 Å². The van der Waals surface area contributed by atoms with E-state index >= 15 is 0 Å². The predicted molar refractivity (Wildman–Crippen MR) is 57.5 cm³/mol. The summed E-state index contributed by atoms with van der Waals surface area (Å²) in [6.07, 6.45) is 3.68. The first-order valence-corrected chi connectivity index (χ1v) is 4.88. The number of primary amides is 1. The zero-order valence-electron chi connectivity index (χ0n) is 8.77. The Morgan fingerprint density at radius 1 is 1.56 bits per heavy atom. The van der Waals surface area contributed by atoms with Crippen molar-refractivity contribution in [1.29, 1.82) is 0 Å². The highest BCUT2D eigenvalue weighted by Crippen LogP contribution is 2.21. The van der Waals surface area contributed by atoms with Gasteiger partial charge in [-0.1, -0.05) is 6.92 Å². The molecule has 0 unspecified atom stereocenters. The Bertz CT molecular complexity index is 506. The molecule has 0 saturated carbocycles. The largest absolute Gasteiger partial charge is 0.364 e. The molecule has 2 heterocycles. The number of pyridine rings is 1. The Hall–Kier alpha value is -2.24. The summed E-state index contributed by atoms with van der Waals surface area (Å²) in [6.45, 7) is 1.93. The van der Waals surface area contributed by atoms with Crippen LogP contribution in [0.2, 0.25) is 0 Å². The lowest BCUT2D eigenvalue weighted by atomic mass is 10.0. The van der Waals surface area contributed by atoms with Crippen molar-refractivity contribution < 1.29 is 4.79 Å². The maximum absolute atomic E-state index is 11.2. The van der Waals surface area contributed by atoms with Crippen molar-refractivity contribution in [3.05, 3.63) is 29.8 Å². The average Bonchev–Trinajstić information content (AvgIpc) is 2.81. The lowest BCUT2D eigenvalue weighted by Gasteiger charge is -2.07. The maximum atomic E-state index is 11.2. The van der Waals surface area contributed by atoms with Crippen LogP contribution in [0.5, 0.6) is 0 Å². The number of carbonyl (C=O) groups is 1. The van der Waals surface area contributed by atoms with Gasteiger partial charge < -0.3 is 10.7 Å². The molecule has 1 amide bonds. The lowest BCUT2D eigenvalue weighted by molar-refractivity contribution is 0.0994. The quantitative estimate of drug-likeness (QED) is 0.783. The predicted octanol–water partition coefficient (Wildman–Crippen LogP) is 0.528. The van der Waals surface area contributed by atoms with Gasteiger partial charge in [-0.3, -0.25) is 9.78 Å². The van der Waals surface area contributed by atoms with Crippen molar-refractivity contribution in [2.24, 2.45) is 5.73 Å².